The van der Waals surface area contributed by atoms with Gasteiger partial charge in [0.05, 0.1) is 0 Å². The van der Waals surface area contributed by atoms with Crippen LogP contribution in [0.3, 0.4) is 0 Å². The molecule has 0 spiro atoms. The molecule has 4 fully saturated rings. The Kier molecular flexibility index (Phi) is 2.77. The van der Waals surface area contributed by atoms with Crippen molar-refractivity contribution in [2.75, 3.05) is 0 Å². The molecule has 0 saturated heterocycles. The van der Waals surface area contributed by atoms with Gasteiger partial charge in [-0.15, -0.1) is 0 Å². The quantitative estimate of drug-likeness (QED) is 0.726. The molecular weight excluding hydrogens is 264 g/mol. The van der Waals surface area contributed by atoms with Gasteiger partial charge in [-0.05, 0) is 79.0 Å². The fourth-order valence-corrected chi connectivity index (χ4v) is 6.25. The number of rotatable bonds is 2. The molecule has 6 rings (SSSR count). The fourth-order valence-electron chi connectivity index (χ4n) is 6.25. The molecule has 2 radical (unpaired) electrons. The molecule has 4 bridgehead atoms. The molecule has 0 amide bonds. The first-order chi connectivity index (χ1) is 10.9. The van der Waals surface area contributed by atoms with E-state index in [0.29, 0.717) is 0 Å². The van der Waals surface area contributed by atoms with Crippen LogP contribution in [-0.2, 0) is 5.41 Å². The van der Waals surface area contributed by atoms with Crippen molar-refractivity contribution in [2.45, 2.75) is 37.5 Å². The first-order valence-corrected chi connectivity index (χ1v) is 8.81. The van der Waals surface area contributed by atoms with E-state index in [1.165, 1.54) is 43.2 Å². The van der Waals surface area contributed by atoms with Crippen LogP contribution in [0.5, 0.6) is 0 Å². The third-order valence-electron chi connectivity index (χ3n) is 6.74. The average molecular weight is 286 g/mol. The van der Waals surface area contributed by atoms with Crippen LogP contribution in [0.4, 0.5) is 0 Å². The van der Waals surface area contributed by atoms with E-state index in [1.54, 1.807) is 0 Å². The Balaban J connectivity index is 1.74. The minimum absolute atomic E-state index is 0.177. The van der Waals surface area contributed by atoms with E-state index in [4.69, 9.17) is 0 Å². The first-order valence-electron chi connectivity index (χ1n) is 8.81. The lowest BCUT2D eigenvalue weighted by atomic mass is 9.42. The lowest BCUT2D eigenvalue weighted by Gasteiger charge is -2.62. The Labute approximate surface area is 133 Å². The highest BCUT2D eigenvalue weighted by Crippen LogP contribution is 2.64. The molecule has 4 aliphatic carbocycles. The first kappa shape index (κ1) is 12.9. The van der Waals surface area contributed by atoms with Crippen LogP contribution < -0.4 is 0 Å². The van der Waals surface area contributed by atoms with E-state index in [9.17, 15) is 0 Å². The minimum atomic E-state index is 0.177. The standard InChI is InChI=1S/C22H22/c1-3-7-18(8-4-1)22(19-9-5-2-6-10-19)20-12-16-11-17(14-20)15-21(22)13-16/h1-7,9,16-17,20-21H,11-15H2. The van der Waals surface area contributed by atoms with Crippen LogP contribution in [0.25, 0.3) is 0 Å². The largest absolute Gasteiger partial charge is 0.0619 e. The molecule has 0 heteroatoms. The van der Waals surface area contributed by atoms with Crippen molar-refractivity contribution in [2.24, 2.45) is 23.7 Å². The van der Waals surface area contributed by atoms with Crippen LogP contribution in [0.15, 0.2) is 48.5 Å². The van der Waals surface area contributed by atoms with Crippen molar-refractivity contribution in [3.8, 4) is 0 Å². The summed E-state index contributed by atoms with van der Waals surface area (Å²) in [5.74, 6) is 3.56. The van der Waals surface area contributed by atoms with Gasteiger partial charge in [-0.25, -0.2) is 0 Å². The maximum Gasteiger partial charge on any atom is 0.0271 e. The van der Waals surface area contributed by atoms with Crippen molar-refractivity contribution in [1.29, 1.82) is 0 Å². The van der Waals surface area contributed by atoms with Gasteiger partial charge in [0, 0.05) is 5.41 Å². The topological polar surface area (TPSA) is 0 Å². The van der Waals surface area contributed by atoms with Gasteiger partial charge in [0.25, 0.3) is 0 Å². The highest BCUT2D eigenvalue weighted by atomic mass is 14.6. The van der Waals surface area contributed by atoms with Gasteiger partial charge in [-0.3, -0.25) is 0 Å². The molecule has 0 atom stereocenters. The lowest BCUT2D eigenvalue weighted by molar-refractivity contribution is -0.0420. The zero-order chi connectivity index (χ0) is 14.6. The Morgan fingerprint density at radius 3 is 1.59 bits per heavy atom. The van der Waals surface area contributed by atoms with Gasteiger partial charge in [0.2, 0.25) is 0 Å². The van der Waals surface area contributed by atoms with Crippen molar-refractivity contribution in [1.82, 2.24) is 0 Å². The van der Waals surface area contributed by atoms with Gasteiger partial charge in [0.1, 0.15) is 0 Å². The number of hydrogen-bond acceptors (Lipinski definition) is 0. The van der Waals surface area contributed by atoms with Gasteiger partial charge in [-0.1, -0.05) is 48.5 Å². The Hall–Kier alpha value is -1.56. The molecular formula is C22H22. The van der Waals surface area contributed by atoms with E-state index in [0.717, 1.165) is 23.7 Å². The Morgan fingerprint density at radius 1 is 0.682 bits per heavy atom. The highest BCUT2D eigenvalue weighted by Gasteiger charge is 2.58. The molecule has 2 aromatic rings. The Morgan fingerprint density at radius 2 is 1.18 bits per heavy atom. The van der Waals surface area contributed by atoms with Gasteiger partial charge in [0.15, 0.2) is 0 Å². The zero-order valence-corrected chi connectivity index (χ0v) is 13.0. The molecule has 0 N–H and O–H groups in total. The van der Waals surface area contributed by atoms with Crippen LogP contribution in [0.1, 0.15) is 43.2 Å². The summed E-state index contributed by atoms with van der Waals surface area (Å²) in [5.41, 5.74) is 3.02. The van der Waals surface area contributed by atoms with Gasteiger partial charge >= 0.3 is 0 Å². The summed E-state index contributed by atoms with van der Waals surface area (Å²) < 4.78 is 0. The highest BCUT2D eigenvalue weighted by molar-refractivity contribution is 5.42. The van der Waals surface area contributed by atoms with Crippen molar-refractivity contribution >= 4 is 0 Å². The monoisotopic (exact) mass is 286 g/mol. The number of benzene rings is 2. The summed E-state index contributed by atoms with van der Waals surface area (Å²) in [6.07, 6.45) is 7.16. The minimum Gasteiger partial charge on any atom is -0.0619 e. The Bertz CT molecular complexity index is 585. The van der Waals surface area contributed by atoms with Crippen LogP contribution in [-0.4, -0.2) is 0 Å². The molecule has 0 heterocycles. The van der Waals surface area contributed by atoms with Crippen LogP contribution >= 0.6 is 0 Å². The van der Waals surface area contributed by atoms with Gasteiger partial charge in [-0.2, -0.15) is 0 Å². The second kappa shape index (κ2) is 4.72. The van der Waals surface area contributed by atoms with E-state index in [1.807, 2.05) is 0 Å². The van der Waals surface area contributed by atoms with Crippen molar-refractivity contribution < 1.29 is 0 Å². The number of hydrogen-bond donors (Lipinski definition) is 0. The molecule has 0 nitrogen and oxygen atoms in total. The molecule has 110 valence electrons. The molecule has 4 aliphatic rings. The maximum absolute atomic E-state index is 3.62. The molecule has 22 heavy (non-hydrogen) atoms. The second-order valence-electron chi connectivity index (χ2n) is 7.73. The predicted octanol–water partition coefficient (Wildman–Crippen LogP) is 5.03. The fraction of sp³-hybridized carbons (Fsp3) is 0.455. The SMILES string of the molecule is [c]1ccccc1C1(c2[c]cccc2)C2CC3CC(C2)CC1C3. The molecule has 0 aliphatic heterocycles. The average Bonchev–Trinajstić information content (AvgIpc) is 2.56. The second-order valence-corrected chi connectivity index (χ2v) is 7.73. The summed E-state index contributed by atoms with van der Waals surface area (Å²) in [7, 11) is 0. The predicted molar refractivity (Wildman–Crippen MR) is 88.4 cm³/mol. The van der Waals surface area contributed by atoms with E-state index in [-0.39, 0.29) is 5.41 Å². The van der Waals surface area contributed by atoms with E-state index >= 15 is 0 Å². The molecule has 0 unspecified atom stereocenters. The normalized spacial score (nSPS) is 34.7. The maximum atomic E-state index is 3.62. The third kappa shape index (κ3) is 1.64. The van der Waals surface area contributed by atoms with E-state index < -0.39 is 0 Å². The summed E-state index contributed by atoms with van der Waals surface area (Å²) in [4.78, 5) is 0. The smallest absolute Gasteiger partial charge is 0.0271 e. The molecule has 2 aromatic carbocycles. The lowest BCUT2D eigenvalue weighted by Crippen LogP contribution is -2.56. The molecule has 4 saturated carbocycles. The third-order valence-corrected chi connectivity index (χ3v) is 6.74. The van der Waals surface area contributed by atoms with Crippen molar-refractivity contribution in [3.63, 3.8) is 0 Å². The van der Waals surface area contributed by atoms with Crippen LogP contribution in [0, 0.1) is 35.8 Å². The summed E-state index contributed by atoms with van der Waals surface area (Å²) in [5, 5.41) is 0. The summed E-state index contributed by atoms with van der Waals surface area (Å²) in [6.45, 7) is 0. The van der Waals surface area contributed by atoms with Crippen molar-refractivity contribution in [3.05, 3.63) is 71.8 Å². The van der Waals surface area contributed by atoms with E-state index in [2.05, 4.69) is 60.7 Å². The zero-order valence-electron chi connectivity index (χ0n) is 13.0. The molecule has 0 aromatic heterocycles. The summed E-state index contributed by atoms with van der Waals surface area (Å²) >= 11 is 0. The summed E-state index contributed by atoms with van der Waals surface area (Å²) in [6, 6.07) is 24.7. The van der Waals surface area contributed by atoms with Crippen LogP contribution in [0.2, 0.25) is 0 Å². The van der Waals surface area contributed by atoms with Gasteiger partial charge < -0.3 is 0 Å².